The predicted molar refractivity (Wildman–Crippen MR) is 196 cm³/mol. The van der Waals surface area contributed by atoms with Crippen LogP contribution >= 0.6 is 0 Å². The Bertz CT molecular complexity index is 2710. The van der Waals surface area contributed by atoms with Crippen LogP contribution in [0.5, 0.6) is 11.5 Å². The molecule has 1 aliphatic rings. The summed E-state index contributed by atoms with van der Waals surface area (Å²) < 4.78 is 13.2. The highest BCUT2D eigenvalue weighted by Crippen LogP contribution is 2.52. The largest absolute Gasteiger partial charge is 0.453 e. The summed E-state index contributed by atoms with van der Waals surface area (Å²) in [5.74, 6) is 1.69. The average molecular weight is 603 g/mol. The number of rotatable bonds is 2. The van der Waals surface area contributed by atoms with E-state index in [1.165, 1.54) is 49.0 Å². The van der Waals surface area contributed by atoms with Crippen LogP contribution in [0, 0.1) is 0 Å². The molecule has 8 aromatic carbocycles. The minimum atomic E-state index is -0.242. The molecule has 222 valence electrons. The molecule has 0 saturated carbocycles. The van der Waals surface area contributed by atoms with Crippen LogP contribution in [-0.2, 0) is 5.41 Å². The number of hydrogen-bond donors (Lipinski definition) is 0. The van der Waals surface area contributed by atoms with Crippen molar-refractivity contribution in [2.45, 2.75) is 19.3 Å². The standard InChI is InChI=1S/C45H30O2/c1-45(2)39-22-19-30(26-42(39)47-44-40(45)23-21-37-36-16-7-8-17-41(36)46-43(37)44)28-11-9-10-27(24-28)29-18-20-35-33-14-4-3-12-31(33)32-13-5-6-15-34(32)38(35)25-29/h3-26H,1-2H3. The van der Waals surface area contributed by atoms with E-state index in [0.29, 0.717) is 0 Å². The third-order valence-electron chi connectivity index (χ3n) is 10.3. The predicted octanol–water partition coefficient (Wildman–Crippen LogP) is 12.8. The topological polar surface area (TPSA) is 22.4 Å². The van der Waals surface area contributed by atoms with Gasteiger partial charge in [0.05, 0.1) is 0 Å². The first-order valence-corrected chi connectivity index (χ1v) is 16.3. The van der Waals surface area contributed by atoms with Gasteiger partial charge in [-0.1, -0.05) is 129 Å². The van der Waals surface area contributed by atoms with Gasteiger partial charge in [-0.3, -0.25) is 0 Å². The van der Waals surface area contributed by atoms with Gasteiger partial charge in [0.15, 0.2) is 11.3 Å². The van der Waals surface area contributed by atoms with Gasteiger partial charge in [0, 0.05) is 27.3 Å². The first kappa shape index (κ1) is 26.4. The molecule has 1 aromatic heterocycles. The Morgan fingerprint density at radius 3 is 1.66 bits per heavy atom. The Kier molecular flexibility index (Phi) is 5.37. The van der Waals surface area contributed by atoms with Gasteiger partial charge in [0.25, 0.3) is 0 Å². The fourth-order valence-electron chi connectivity index (χ4n) is 7.88. The van der Waals surface area contributed by atoms with Crippen molar-refractivity contribution in [3.8, 4) is 33.8 Å². The molecule has 0 radical (unpaired) electrons. The van der Waals surface area contributed by atoms with Crippen molar-refractivity contribution in [1.29, 1.82) is 0 Å². The zero-order valence-corrected chi connectivity index (χ0v) is 26.2. The quantitative estimate of drug-likeness (QED) is 0.184. The van der Waals surface area contributed by atoms with Gasteiger partial charge in [-0.15, -0.1) is 0 Å². The second-order valence-corrected chi connectivity index (χ2v) is 13.3. The van der Waals surface area contributed by atoms with Crippen LogP contribution in [0.4, 0.5) is 0 Å². The maximum atomic E-state index is 6.76. The third-order valence-corrected chi connectivity index (χ3v) is 10.3. The minimum absolute atomic E-state index is 0.242. The summed E-state index contributed by atoms with van der Waals surface area (Å²) in [5, 5.41) is 9.92. The van der Waals surface area contributed by atoms with E-state index < -0.39 is 0 Å². The lowest BCUT2D eigenvalue weighted by atomic mass is 9.75. The molecule has 0 spiro atoms. The Morgan fingerprint density at radius 2 is 0.936 bits per heavy atom. The number of ether oxygens (including phenoxy) is 1. The fourth-order valence-corrected chi connectivity index (χ4v) is 7.88. The van der Waals surface area contributed by atoms with Crippen molar-refractivity contribution in [2.24, 2.45) is 0 Å². The lowest BCUT2D eigenvalue weighted by molar-refractivity contribution is 0.415. The molecule has 0 bridgehead atoms. The van der Waals surface area contributed by atoms with Crippen molar-refractivity contribution < 1.29 is 9.15 Å². The lowest BCUT2D eigenvalue weighted by Crippen LogP contribution is -2.24. The highest BCUT2D eigenvalue weighted by Gasteiger charge is 2.36. The summed E-state index contributed by atoms with van der Waals surface area (Å²) in [6, 6.07) is 52.5. The van der Waals surface area contributed by atoms with Crippen LogP contribution in [0.15, 0.2) is 150 Å². The molecule has 10 rings (SSSR count). The van der Waals surface area contributed by atoms with Gasteiger partial charge >= 0.3 is 0 Å². The van der Waals surface area contributed by atoms with Crippen molar-refractivity contribution >= 4 is 54.3 Å². The zero-order valence-electron chi connectivity index (χ0n) is 26.2. The smallest absolute Gasteiger partial charge is 0.178 e. The molecule has 2 heterocycles. The average Bonchev–Trinajstić information content (AvgIpc) is 3.51. The van der Waals surface area contributed by atoms with Gasteiger partial charge in [0.2, 0.25) is 0 Å². The summed E-state index contributed by atoms with van der Waals surface area (Å²) in [6.45, 7) is 4.54. The molecule has 2 heteroatoms. The molecule has 0 fully saturated rings. The molecule has 0 N–H and O–H groups in total. The Labute approximate surface area is 272 Å². The summed E-state index contributed by atoms with van der Waals surface area (Å²) >= 11 is 0. The Balaban J connectivity index is 1.09. The SMILES string of the molecule is CC1(C)c2ccc(-c3cccc(-c4ccc5c6ccccc6c6ccccc6c5c4)c3)cc2Oc2c1ccc1c2oc2ccccc21. The minimum Gasteiger partial charge on any atom is -0.453 e. The highest BCUT2D eigenvalue weighted by atomic mass is 16.5. The molecule has 0 amide bonds. The van der Waals surface area contributed by atoms with E-state index in [9.17, 15) is 0 Å². The Morgan fingerprint density at radius 1 is 0.404 bits per heavy atom. The highest BCUT2D eigenvalue weighted by molar-refractivity contribution is 6.25. The fraction of sp³-hybridized carbons (Fsp3) is 0.0667. The van der Waals surface area contributed by atoms with Crippen molar-refractivity contribution in [3.05, 3.63) is 157 Å². The first-order valence-electron chi connectivity index (χ1n) is 16.3. The molecular weight excluding hydrogens is 572 g/mol. The monoisotopic (exact) mass is 602 g/mol. The van der Waals surface area contributed by atoms with E-state index in [1.807, 2.05) is 12.1 Å². The molecule has 0 saturated heterocycles. The van der Waals surface area contributed by atoms with Crippen LogP contribution in [0.1, 0.15) is 25.0 Å². The lowest BCUT2D eigenvalue weighted by Gasteiger charge is -2.34. The van der Waals surface area contributed by atoms with E-state index in [4.69, 9.17) is 9.15 Å². The molecule has 47 heavy (non-hydrogen) atoms. The third kappa shape index (κ3) is 3.79. The van der Waals surface area contributed by atoms with Crippen LogP contribution in [0.25, 0.3) is 76.5 Å². The van der Waals surface area contributed by atoms with E-state index in [1.54, 1.807) is 0 Å². The number of furan rings is 1. The Hall–Kier alpha value is -5.86. The normalized spacial score (nSPS) is 13.7. The van der Waals surface area contributed by atoms with Crippen molar-refractivity contribution in [3.63, 3.8) is 0 Å². The zero-order chi connectivity index (χ0) is 31.3. The van der Waals surface area contributed by atoms with Gasteiger partial charge in [-0.05, 0) is 84.9 Å². The molecular formula is C45H30O2. The first-order chi connectivity index (χ1) is 23.0. The maximum Gasteiger partial charge on any atom is 0.178 e. The number of fused-ring (bicyclic) bond motifs is 12. The van der Waals surface area contributed by atoms with Crippen LogP contribution < -0.4 is 4.74 Å². The molecule has 2 nitrogen and oxygen atoms in total. The van der Waals surface area contributed by atoms with Crippen molar-refractivity contribution in [2.75, 3.05) is 0 Å². The van der Waals surface area contributed by atoms with Gasteiger partial charge in [-0.2, -0.15) is 0 Å². The molecule has 9 aromatic rings. The van der Waals surface area contributed by atoms with Crippen LogP contribution in [-0.4, -0.2) is 0 Å². The number of para-hydroxylation sites is 1. The molecule has 0 unspecified atom stereocenters. The van der Waals surface area contributed by atoms with E-state index >= 15 is 0 Å². The van der Waals surface area contributed by atoms with E-state index in [2.05, 4.69) is 147 Å². The second-order valence-electron chi connectivity index (χ2n) is 13.3. The van der Waals surface area contributed by atoms with Crippen molar-refractivity contribution in [1.82, 2.24) is 0 Å². The molecule has 1 aliphatic heterocycles. The number of hydrogen-bond acceptors (Lipinski definition) is 2. The molecule has 0 aliphatic carbocycles. The second kappa shape index (κ2) is 9.57. The van der Waals surface area contributed by atoms with E-state index in [-0.39, 0.29) is 5.41 Å². The van der Waals surface area contributed by atoms with Gasteiger partial charge in [-0.25, -0.2) is 0 Å². The summed E-state index contributed by atoms with van der Waals surface area (Å²) in [7, 11) is 0. The van der Waals surface area contributed by atoms with Crippen LogP contribution in [0.3, 0.4) is 0 Å². The summed E-state index contributed by atoms with van der Waals surface area (Å²) in [4.78, 5) is 0. The van der Waals surface area contributed by atoms with Gasteiger partial charge < -0.3 is 9.15 Å². The summed E-state index contributed by atoms with van der Waals surface area (Å²) in [6.07, 6.45) is 0. The van der Waals surface area contributed by atoms with E-state index in [0.717, 1.165) is 50.1 Å². The van der Waals surface area contributed by atoms with Gasteiger partial charge in [0.1, 0.15) is 11.3 Å². The summed E-state index contributed by atoms with van der Waals surface area (Å²) in [5.41, 5.74) is 8.44. The molecule has 0 atom stereocenters. The van der Waals surface area contributed by atoms with Crippen LogP contribution in [0.2, 0.25) is 0 Å². The number of benzene rings is 8. The maximum absolute atomic E-state index is 6.76.